The molecule has 4 aliphatic carbocycles. The van der Waals surface area contributed by atoms with E-state index in [4.69, 9.17) is 18.9 Å². The Balaban J connectivity index is 1.27. The molecule has 6 nitrogen and oxygen atoms in total. The van der Waals surface area contributed by atoms with Crippen molar-refractivity contribution in [3.8, 4) is 0 Å². The SMILES string of the molecule is CC(=O)OC1CC[C@@]2(C)C(C1)C(OC(C)=O)C[C@H]1[C@@H]3C[C@@H]4O[C@]5(CCC(C)CO5)[C@@H](C)[C@@H]4[C@@]3(C)CC[C@@H]12. The fourth-order valence-electron chi connectivity index (χ4n) is 10.9. The largest absolute Gasteiger partial charge is 0.463 e. The van der Waals surface area contributed by atoms with Gasteiger partial charge < -0.3 is 18.9 Å². The number of carbonyl (C=O) groups excluding carboxylic acids is 2. The van der Waals surface area contributed by atoms with E-state index in [2.05, 4.69) is 27.7 Å². The molecule has 37 heavy (non-hydrogen) atoms. The van der Waals surface area contributed by atoms with Crippen LogP contribution in [0.4, 0.5) is 0 Å². The minimum absolute atomic E-state index is 0.0615. The molecule has 0 bridgehead atoms. The van der Waals surface area contributed by atoms with Gasteiger partial charge in [0.15, 0.2) is 5.79 Å². The van der Waals surface area contributed by atoms with Crippen molar-refractivity contribution in [1.29, 1.82) is 0 Å². The molecule has 6 aliphatic rings. The molecule has 2 heterocycles. The third-order valence-corrected chi connectivity index (χ3v) is 12.5. The molecule has 0 aromatic rings. The molecule has 0 aromatic carbocycles. The number of esters is 2. The second-order valence-electron chi connectivity index (χ2n) is 14.4. The lowest BCUT2D eigenvalue weighted by Gasteiger charge is -2.62. The van der Waals surface area contributed by atoms with E-state index in [0.717, 1.165) is 45.1 Å². The highest BCUT2D eigenvalue weighted by Crippen LogP contribution is 2.71. The summed E-state index contributed by atoms with van der Waals surface area (Å²) in [4.78, 5) is 24.0. The lowest BCUT2D eigenvalue weighted by Crippen LogP contribution is -2.59. The fraction of sp³-hybridized carbons (Fsp3) is 0.935. The summed E-state index contributed by atoms with van der Waals surface area (Å²) in [7, 11) is 0. The zero-order valence-electron chi connectivity index (χ0n) is 23.8. The van der Waals surface area contributed by atoms with E-state index in [1.807, 2.05) is 0 Å². The summed E-state index contributed by atoms with van der Waals surface area (Å²) in [6.45, 7) is 13.5. The Labute approximate surface area is 222 Å². The first-order chi connectivity index (χ1) is 17.5. The van der Waals surface area contributed by atoms with Crippen LogP contribution in [-0.4, -0.2) is 42.6 Å². The van der Waals surface area contributed by atoms with Crippen LogP contribution in [0, 0.1) is 52.3 Å². The normalized spacial score (nSPS) is 54.5. The zero-order chi connectivity index (χ0) is 26.3. The minimum atomic E-state index is -0.383. The Kier molecular flexibility index (Phi) is 6.31. The summed E-state index contributed by atoms with van der Waals surface area (Å²) in [5.41, 5.74) is 0.342. The van der Waals surface area contributed by atoms with Gasteiger partial charge >= 0.3 is 11.9 Å². The van der Waals surface area contributed by atoms with Gasteiger partial charge in [-0.1, -0.05) is 27.7 Å². The van der Waals surface area contributed by atoms with Gasteiger partial charge in [0.2, 0.25) is 0 Å². The van der Waals surface area contributed by atoms with Gasteiger partial charge in [0.1, 0.15) is 12.2 Å². The molecule has 2 saturated heterocycles. The molecule has 0 amide bonds. The molecule has 6 fully saturated rings. The summed E-state index contributed by atoms with van der Waals surface area (Å²) in [5, 5.41) is 0. The van der Waals surface area contributed by atoms with Gasteiger partial charge in [-0.3, -0.25) is 9.59 Å². The van der Waals surface area contributed by atoms with Gasteiger partial charge in [0.05, 0.1) is 12.7 Å². The predicted molar refractivity (Wildman–Crippen MR) is 138 cm³/mol. The molecule has 4 saturated carbocycles. The summed E-state index contributed by atoms with van der Waals surface area (Å²) in [5.74, 6) is 2.77. The number of carbonyl (C=O) groups is 2. The molecule has 0 aromatic heterocycles. The third-order valence-electron chi connectivity index (χ3n) is 12.5. The summed E-state index contributed by atoms with van der Waals surface area (Å²) >= 11 is 0. The Morgan fingerprint density at radius 2 is 1.54 bits per heavy atom. The van der Waals surface area contributed by atoms with Crippen molar-refractivity contribution >= 4 is 11.9 Å². The number of ether oxygens (including phenoxy) is 4. The van der Waals surface area contributed by atoms with Crippen molar-refractivity contribution in [2.45, 2.75) is 123 Å². The van der Waals surface area contributed by atoms with Gasteiger partial charge in [0, 0.05) is 32.1 Å². The zero-order valence-corrected chi connectivity index (χ0v) is 23.8. The van der Waals surface area contributed by atoms with Crippen molar-refractivity contribution in [2.75, 3.05) is 6.61 Å². The average molecular weight is 517 g/mol. The second kappa shape index (κ2) is 8.94. The van der Waals surface area contributed by atoms with Crippen LogP contribution in [0.2, 0.25) is 0 Å². The van der Waals surface area contributed by atoms with Gasteiger partial charge in [-0.05, 0) is 91.8 Å². The molecule has 6 rings (SSSR count). The smallest absolute Gasteiger partial charge is 0.302 e. The lowest BCUT2D eigenvalue weighted by molar-refractivity contribution is -0.273. The number of hydrogen-bond donors (Lipinski definition) is 0. The molecular formula is C31H48O6. The van der Waals surface area contributed by atoms with E-state index < -0.39 is 0 Å². The van der Waals surface area contributed by atoms with Crippen LogP contribution in [-0.2, 0) is 28.5 Å². The van der Waals surface area contributed by atoms with E-state index in [1.54, 1.807) is 6.92 Å². The van der Waals surface area contributed by atoms with Crippen LogP contribution < -0.4 is 0 Å². The van der Waals surface area contributed by atoms with E-state index in [1.165, 1.54) is 26.2 Å². The molecule has 0 N–H and O–H groups in total. The highest BCUT2D eigenvalue weighted by Gasteiger charge is 2.70. The van der Waals surface area contributed by atoms with Gasteiger partial charge in [-0.25, -0.2) is 0 Å². The minimum Gasteiger partial charge on any atom is -0.463 e. The first-order valence-electron chi connectivity index (χ1n) is 15.1. The van der Waals surface area contributed by atoms with Crippen LogP contribution in [0.15, 0.2) is 0 Å². The number of fused-ring (bicyclic) bond motifs is 7. The first-order valence-corrected chi connectivity index (χ1v) is 15.1. The van der Waals surface area contributed by atoms with Crippen molar-refractivity contribution in [3.05, 3.63) is 0 Å². The van der Waals surface area contributed by atoms with Crippen LogP contribution >= 0.6 is 0 Å². The second-order valence-corrected chi connectivity index (χ2v) is 14.4. The van der Waals surface area contributed by atoms with Crippen molar-refractivity contribution in [3.63, 3.8) is 0 Å². The number of hydrogen-bond acceptors (Lipinski definition) is 6. The molecule has 0 radical (unpaired) electrons. The van der Waals surface area contributed by atoms with E-state index in [-0.39, 0.29) is 52.8 Å². The van der Waals surface area contributed by atoms with Crippen molar-refractivity contribution < 1.29 is 28.5 Å². The van der Waals surface area contributed by atoms with Gasteiger partial charge in [-0.2, -0.15) is 0 Å². The fourth-order valence-corrected chi connectivity index (χ4v) is 10.9. The third kappa shape index (κ3) is 3.93. The van der Waals surface area contributed by atoms with Crippen molar-refractivity contribution in [1.82, 2.24) is 0 Å². The summed E-state index contributed by atoms with van der Waals surface area (Å²) in [6, 6.07) is 0. The van der Waals surface area contributed by atoms with Crippen LogP contribution in [0.25, 0.3) is 0 Å². The Hall–Kier alpha value is -1.14. The molecule has 13 atom stereocenters. The van der Waals surface area contributed by atoms with E-state index >= 15 is 0 Å². The molecule has 2 aliphatic heterocycles. The average Bonchev–Trinajstić information content (AvgIpc) is 3.26. The lowest BCUT2D eigenvalue weighted by atomic mass is 9.43. The highest BCUT2D eigenvalue weighted by atomic mass is 16.7. The van der Waals surface area contributed by atoms with Gasteiger partial charge in [-0.15, -0.1) is 0 Å². The van der Waals surface area contributed by atoms with E-state index in [9.17, 15) is 9.59 Å². The summed E-state index contributed by atoms with van der Waals surface area (Å²) in [6.07, 6.45) is 9.59. The standard InChI is InChI=1S/C31H48O6/c1-17-7-12-31(34-16-17)18(2)28-27(37-31)15-24-22-14-26(36-20(4)33)25-13-21(35-19(3)32)8-10-29(25,5)23(22)9-11-30(24,28)6/h17-18,21-28H,7-16H2,1-6H3/t17?,18-,21?,22+,23-,24-,25?,26?,27-,28-,29+,30-,31+/m0/s1. The van der Waals surface area contributed by atoms with Crippen LogP contribution in [0.1, 0.15) is 99.3 Å². The maximum Gasteiger partial charge on any atom is 0.302 e. The molecular weight excluding hydrogens is 468 g/mol. The van der Waals surface area contributed by atoms with Crippen LogP contribution in [0.5, 0.6) is 0 Å². The summed E-state index contributed by atoms with van der Waals surface area (Å²) < 4.78 is 25.2. The first kappa shape index (κ1) is 26.1. The van der Waals surface area contributed by atoms with E-state index in [0.29, 0.717) is 35.5 Å². The quantitative estimate of drug-likeness (QED) is 0.425. The van der Waals surface area contributed by atoms with Crippen molar-refractivity contribution in [2.24, 2.45) is 52.3 Å². The molecule has 4 unspecified atom stereocenters. The Bertz CT molecular complexity index is 925. The predicted octanol–water partition coefficient (Wildman–Crippen LogP) is 5.91. The molecule has 208 valence electrons. The monoisotopic (exact) mass is 516 g/mol. The molecule has 1 spiro atoms. The Morgan fingerprint density at radius 3 is 2.22 bits per heavy atom. The Morgan fingerprint density at radius 1 is 0.811 bits per heavy atom. The topological polar surface area (TPSA) is 71.1 Å². The van der Waals surface area contributed by atoms with Gasteiger partial charge in [0.25, 0.3) is 0 Å². The maximum absolute atomic E-state index is 12.3. The molecule has 6 heteroatoms. The maximum atomic E-state index is 12.3. The highest BCUT2D eigenvalue weighted by molar-refractivity contribution is 5.66. The van der Waals surface area contributed by atoms with Crippen LogP contribution in [0.3, 0.4) is 0 Å². The number of rotatable bonds is 2.